The molecule has 0 aromatic carbocycles. The van der Waals surface area contributed by atoms with E-state index in [2.05, 4.69) is 27.7 Å². The Balaban J connectivity index is 2.04. The lowest BCUT2D eigenvalue weighted by atomic mass is 10.3. The maximum atomic E-state index is 5.03. The molecule has 0 amide bonds. The van der Waals surface area contributed by atoms with Gasteiger partial charge in [0.25, 0.3) is 0 Å². The molecule has 80 valence electrons. The van der Waals surface area contributed by atoms with Gasteiger partial charge in [0, 0.05) is 25.0 Å². The molecular weight excluding hydrogens is 210 g/mol. The third kappa shape index (κ3) is 2.64. The summed E-state index contributed by atoms with van der Waals surface area (Å²) in [6.45, 7) is 1.50. The van der Waals surface area contributed by atoms with Gasteiger partial charge in [-0.2, -0.15) is 0 Å². The molecule has 4 nitrogen and oxygen atoms in total. The second-order valence-electron chi connectivity index (χ2n) is 3.19. The van der Waals surface area contributed by atoms with E-state index in [-0.39, 0.29) is 0 Å². The van der Waals surface area contributed by atoms with Crippen molar-refractivity contribution in [3.8, 4) is 0 Å². The zero-order valence-electron chi connectivity index (χ0n) is 8.59. The normalized spacial score (nSPS) is 10.7. The minimum atomic E-state index is 0.690. The Morgan fingerprint density at radius 3 is 3.20 bits per heavy atom. The average Bonchev–Trinajstić information content (AvgIpc) is 2.87. The first-order valence-electron chi connectivity index (χ1n) is 4.78. The first-order valence-corrected chi connectivity index (χ1v) is 5.66. The van der Waals surface area contributed by atoms with Crippen LogP contribution in [0.5, 0.6) is 0 Å². The Kier molecular flexibility index (Phi) is 3.47. The standard InChI is InChI=1S/C10H13N3OS/c1-14-5-4-13-8-11-12-10(13)7-9-3-2-6-15-9/h2-3,6,8H,4-5,7H2,1H3. The number of nitrogens with zero attached hydrogens (tertiary/aromatic N) is 3. The summed E-state index contributed by atoms with van der Waals surface area (Å²) in [4.78, 5) is 1.31. The lowest BCUT2D eigenvalue weighted by Crippen LogP contribution is -2.07. The summed E-state index contributed by atoms with van der Waals surface area (Å²) in [7, 11) is 1.70. The predicted octanol–water partition coefficient (Wildman–Crippen LogP) is 1.58. The molecule has 2 aromatic rings. The van der Waals surface area contributed by atoms with Crippen LogP contribution in [0.1, 0.15) is 10.7 Å². The van der Waals surface area contributed by atoms with E-state index in [1.54, 1.807) is 24.8 Å². The zero-order chi connectivity index (χ0) is 10.5. The minimum Gasteiger partial charge on any atom is -0.383 e. The summed E-state index contributed by atoms with van der Waals surface area (Å²) in [5.41, 5.74) is 0. The molecule has 0 unspecified atom stereocenters. The van der Waals surface area contributed by atoms with Crippen LogP contribution in [0.4, 0.5) is 0 Å². The number of ether oxygens (including phenoxy) is 1. The van der Waals surface area contributed by atoms with E-state index in [0.29, 0.717) is 6.61 Å². The summed E-state index contributed by atoms with van der Waals surface area (Å²) >= 11 is 1.74. The Hall–Kier alpha value is -1.20. The summed E-state index contributed by atoms with van der Waals surface area (Å²) in [6, 6.07) is 4.16. The van der Waals surface area contributed by atoms with Crippen LogP contribution in [0, 0.1) is 0 Å². The molecule has 0 saturated heterocycles. The third-order valence-electron chi connectivity index (χ3n) is 2.14. The lowest BCUT2D eigenvalue weighted by molar-refractivity contribution is 0.186. The molecule has 2 rings (SSSR count). The van der Waals surface area contributed by atoms with Crippen molar-refractivity contribution in [3.63, 3.8) is 0 Å². The van der Waals surface area contributed by atoms with Crippen molar-refractivity contribution in [2.75, 3.05) is 13.7 Å². The van der Waals surface area contributed by atoms with E-state index in [0.717, 1.165) is 18.8 Å². The molecule has 0 bridgehead atoms. The lowest BCUT2D eigenvalue weighted by Gasteiger charge is -2.04. The third-order valence-corrected chi connectivity index (χ3v) is 3.02. The molecule has 15 heavy (non-hydrogen) atoms. The van der Waals surface area contributed by atoms with Gasteiger partial charge in [-0.3, -0.25) is 0 Å². The first kappa shape index (κ1) is 10.3. The molecule has 0 radical (unpaired) electrons. The first-order chi connectivity index (χ1) is 7.40. The van der Waals surface area contributed by atoms with Crippen LogP contribution < -0.4 is 0 Å². The van der Waals surface area contributed by atoms with E-state index in [9.17, 15) is 0 Å². The second kappa shape index (κ2) is 5.04. The maximum absolute atomic E-state index is 5.03. The number of methoxy groups -OCH3 is 1. The highest BCUT2D eigenvalue weighted by Gasteiger charge is 2.05. The van der Waals surface area contributed by atoms with Gasteiger partial charge >= 0.3 is 0 Å². The Labute approximate surface area is 92.5 Å². The molecular formula is C10H13N3OS. The van der Waals surface area contributed by atoms with Gasteiger partial charge in [0.2, 0.25) is 0 Å². The van der Waals surface area contributed by atoms with Gasteiger partial charge in [-0.1, -0.05) is 6.07 Å². The summed E-state index contributed by atoms with van der Waals surface area (Å²) < 4.78 is 7.06. The van der Waals surface area contributed by atoms with Crippen LogP contribution in [0.2, 0.25) is 0 Å². The number of thiophene rings is 1. The Morgan fingerprint density at radius 2 is 2.47 bits per heavy atom. The van der Waals surface area contributed by atoms with Crippen LogP contribution in [-0.4, -0.2) is 28.5 Å². The molecule has 0 aliphatic carbocycles. The molecule has 0 N–H and O–H groups in total. The molecule has 0 atom stereocenters. The Bertz CT molecular complexity index is 396. The summed E-state index contributed by atoms with van der Waals surface area (Å²) in [6.07, 6.45) is 2.60. The molecule has 0 aliphatic heterocycles. The number of hydrogen-bond donors (Lipinski definition) is 0. The quantitative estimate of drug-likeness (QED) is 0.772. The molecule has 5 heteroatoms. The summed E-state index contributed by atoms with van der Waals surface area (Å²) in [5, 5.41) is 10.1. The van der Waals surface area contributed by atoms with Crippen molar-refractivity contribution in [2.24, 2.45) is 0 Å². The molecule has 0 aliphatic rings. The monoisotopic (exact) mass is 223 g/mol. The van der Waals surface area contributed by atoms with E-state index >= 15 is 0 Å². The molecule has 0 spiro atoms. The van der Waals surface area contributed by atoms with Gasteiger partial charge in [0.15, 0.2) is 0 Å². The fourth-order valence-electron chi connectivity index (χ4n) is 1.36. The van der Waals surface area contributed by atoms with Crippen LogP contribution in [0.15, 0.2) is 23.8 Å². The van der Waals surface area contributed by atoms with E-state index in [4.69, 9.17) is 4.74 Å². The SMILES string of the molecule is COCCn1cnnc1Cc1cccs1. The largest absolute Gasteiger partial charge is 0.383 e. The Morgan fingerprint density at radius 1 is 1.53 bits per heavy atom. The number of rotatable bonds is 5. The highest BCUT2D eigenvalue weighted by molar-refractivity contribution is 7.09. The maximum Gasteiger partial charge on any atom is 0.138 e. The highest BCUT2D eigenvalue weighted by atomic mass is 32.1. The smallest absolute Gasteiger partial charge is 0.138 e. The molecule has 2 heterocycles. The van der Waals surface area contributed by atoms with Crippen LogP contribution >= 0.6 is 11.3 Å². The number of aromatic nitrogens is 3. The van der Waals surface area contributed by atoms with Gasteiger partial charge in [-0.15, -0.1) is 21.5 Å². The predicted molar refractivity (Wildman–Crippen MR) is 59.0 cm³/mol. The van der Waals surface area contributed by atoms with Crippen LogP contribution in [-0.2, 0) is 17.7 Å². The topological polar surface area (TPSA) is 39.9 Å². The molecule has 0 fully saturated rings. The van der Waals surface area contributed by atoms with Crippen molar-refractivity contribution < 1.29 is 4.74 Å². The van der Waals surface area contributed by atoms with Gasteiger partial charge in [0.05, 0.1) is 6.61 Å². The van der Waals surface area contributed by atoms with Crippen molar-refractivity contribution in [2.45, 2.75) is 13.0 Å². The van der Waals surface area contributed by atoms with Crippen molar-refractivity contribution >= 4 is 11.3 Å². The fraction of sp³-hybridized carbons (Fsp3) is 0.400. The highest BCUT2D eigenvalue weighted by Crippen LogP contribution is 2.12. The van der Waals surface area contributed by atoms with Crippen molar-refractivity contribution in [1.82, 2.24) is 14.8 Å². The fourth-order valence-corrected chi connectivity index (χ4v) is 2.06. The molecule has 2 aromatic heterocycles. The second-order valence-corrected chi connectivity index (χ2v) is 4.22. The summed E-state index contributed by atoms with van der Waals surface area (Å²) in [5.74, 6) is 0.995. The van der Waals surface area contributed by atoms with E-state index in [1.165, 1.54) is 4.88 Å². The van der Waals surface area contributed by atoms with Gasteiger partial charge < -0.3 is 9.30 Å². The number of hydrogen-bond acceptors (Lipinski definition) is 4. The van der Waals surface area contributed by atoms with Gasteiger partial charge in [-0.25, -0.2) is 0 Å². The van der Waals surface area contributed by atoms with Crippen LogP contribution in [0.25, 0.3) is 0 Å². The average molecular weight is 223 g/mol. The zero-order valence-corrected chi connectivity index (χ0v) is 9.41. The van der Waals surface area contributed by atoms with Crippen molar-refractivity contribution in [1.29, 1.82) is 0 Å². The van der Waals surface area contributed by atoms with Crippen LogP contribution in [0.3, 0.4) is 0 Å². The minimum absolute atomic E-state index is 0.690. The van der Waals surface area contributed by atoms with Crippen molar-refractivity contribution in [3.05, 3.63) is 34.5 Å². The molecule has 0 saturated carbocycles. The van der Waals surface area contributed by atoms with Gasteiger partial charge in [0.1, 0.15) is 12.2 Å². The van der Waals surface area contributed by atoms with Gasteiger partial charge in [-0.05, 0) is 11.4 Å². The van der Waals surface area contributed by atoms with E-state index < -0.39 is 0 Å². The van der Waals surface area contributed by atoms with E-state index in [1.807, 2.05) is 4.57 Å².